The number of rotatable bonds is 5. The summed E-state index contributed by atoms with van der Waals surface area (Å²) in [7, 11) is 4.03. The van der Waals surface area contributed by atoms with Crippen LogP contribution in [0.5, 0.6) is 0 Å². The minimum absolute atomic E-state index is 0.471. The van der Waals surface area contributed by atoms with Crippen LogP contribution in [0.15, 0.2) is 46.0 Å². The number of furan rings is 1. The first-order chi connectivity index (χ1) is 11.5. The molecular formula is C17H22N3O2PS. The van der Waals surface area contributed by atoms with E-state index in [1.165, 1.54) is 0 Å². The molecule has 0 saturated carbocycles. The van der Waals surface area contributed by atoms with Crippen LogP contribution < -0.4 is 10.2 Å². The zero-order valence-electron chi connectivity index (χ0n) is 14.4. The first kappa shape index (κ1) is 17.2. The van der Waals surface area contributed by atoms with Gasteiger partial charge in [0.25, 0.3) is 5.90 Å². The molecule has 2 heterocycles. The Morgan fingerprint density at radius 1 is 1.17 bits per heavy atom. The molecule has 1 aliphatic rings. The lowest BCUT2D eigenvalue weighted by atomic mass is 10.2. The molecule has 5 nitrogen and oxygen atoms in total. The third kappa shape index (κ3) is 2.90. The van der Waals surface area contributed by atoms with Crippen LogP contribution >= 0.6 is 6.42 Å². The summed E-state index contributed by atoms with van der Waals surface area (Å²) < 4.78 is 14.0. The molecule has 0 bridgehead atoms. The molecule has 0 aliphatic carbocycles. The fraction of sp³-hybridized carbons (Fsp3) is 0.353. The second kappa shape index (κ2) is 6.71. The molecule has 7 heteroatoms. The second-order valence-corrected chi connectivity index (χ2v) is 9.47. The first-order valence-electron chi connectivity index (χ1n) is 7.99. The predicted molar refractivity (Wildman–Crippen MR) is 104 cm³/mol. The van der Waals surface area contributed by atoms with Gasteiger partial charge in [-0.05, 0) is 42.1 Å². The number of anilines is 1. The Bertz CT molecular complexity index is 798. The van der Waals surface area contributed by atoms with Crippen LogP contribution in [0, 0.1) is 0 Å². The molecular weight excluding hydrogens is 341 g/mol. The molecule has 128 valence electrons. The van der Waals surface area contributed by atoms with Gasteiger partial charge in [0.15, 0.2) is 5.76 Å². The Labute approximate surface area is 148 Å². The van der Waals surface area contributed by atoms with Gasteiger partial charge in [0.1, 0.15) is 0 Å². The molecule has 1 aromatic carbocycles. The molecule has 1 aromatic heterocycles. The molecule has 1 atom stereocenters. The molecule has 2 aromatic rings. The zero-order chi connectivity index (χ0) is 17.3. The highest BCUT2D eigenvalue weighted by molar-refractivity contribution is 8.15. The quantitative estimate of drug-likeness (QED) is 0.757. The van der Waals surface area contributed by atoms with Crippen LogP contribution in [0.25, 0.3) is 0 Å². The van der Waals surface area contributed by atoms with Gasteiger partial charge in [-0.15, -0.1) is 0 Å². The van der Waals surface area contributed by atoms with Gasteiger partial charge in [-0.25, -0.2) is 9.66 Å². The highest BCUT2D eigenvalue weighted by Gasteiger charge is 2.36. The largest absolute Gasteiger partial charge is 0.459 e. The maximum absolute atomic E-state index is 6.28. The number of nitrogens with zero attached hydrogens (tertiary/aromatic N) is 3. The van der Waals surface area contributed by atoms with Crippen LogP contribution in [0.4, 0.5) is 11.4 Å². The van der Waals surface area contributed by atoms with Crippen molar-refractivity contribution in [1.29, 1.82) is 0 Å². The molecule has 1 unspecified atom stereocenters. The Hall–Kier alpha value is -1.62. The van der Waals surface area contributed by atoms with E-state index in [2.05, 4.69) is 46.6 Å². The average Bonchev–Trinajstić information content (AvgIpc) is 3.09. The van der Waals surface area contributed by atoms with E-state index in [0.29, 0.717) is 11.7 Å². The molecule has 0 N–H and O–H groups in total. The van der Waals surface area contributed by atoms with E-state index in [1.807, 2.05) is 26.2 Å². The highest BCUT2D eigenvalue weighted by atomic mass is 32.4. The third-order valence-electron chi connectivity index (χ3n) is 4.05. The summed E-state index contributed by atoms with van der Waals surface area (Å²) in [6.45, 7) is 5.86. The number of hydrogen-bond donors (Lipinski definition) is 0. The summed E-state index contributed by atoms with van der Waals surface area (Å²) >= 11 is 6.07. The Morgan fingerprint density at radius 3 is 2.50 bits per heavy atom. The number of benzene rings is 1. The van der Waals surface area contributed by atoms with Crippen molar-refractivity contribution in [3.05, 3.63) is 42.4 Å². The van der Waals surface area contributed by atoms with Crippen molar-refractivity contribution in [2.75, 3.05) is 32.1 Å². The predicted octanol–water partition coefficient (Wildman–Crippen LogP) is 3.73. The van der Waals surface area contributed by atoms with E-state index < -0.39 is 6.42 Å². The number of hydrogen-bond acceptors (Lipinski definition) is 5. The monoisotopic (exact) mass is 363 g/mol. The molecule has 0 radical (unpaired) electrons. The van der Waals surface area contributed by atoms with Gasteiger partial charge in [-0.3, -0.25) is 0 Å². The summed E-state index contributed by atoms with van der Waals surface area (Å²) in [5, 5.41) is 1.00. The molecule has 1 aliphatic heterocycles. The Kier molecular flexibility index (Phi) is 4.81. The smallest absolute Gasteiger partial charge is 0.262 e. The Balaban J connectivity index is 2.19. The topological polar surface area (TPSA) is 41.2 Å². The lowest BCUT2D eigenvalue weighted by Crippen LogP contribution is -2.31. The van der Waals surface area contributed by atoms with E-state index in [1.54, 1.807) is 6.26 Å². The molecule has 0 saturated heterocycles. The third-order valence-corrected chi connectivity index (χ3v) is 8.27. The van der Waals surface area contributed by atoms with Crippen molar-refractivity contribution < 1.29 is 8.94 Å². The molecule has 0 fully saturated rings. The van der Waals surface area contributed by atoms with Crippen LogP contribution in [0.3, 0.4) is 0 Å². The number of aliphatic imine (C=N–C) groups is 1. The lowest BCUT2D eigenvalue weighted by Gasteiger charge is -2.36. The van der Waals surface area contributed by atoms with Gasteiger partial charge in [0, 0.05) is 32.9 Å². The Morgan fingerprint density at radius 2 is 1.92 bits per heavy atom. The van der Waals surface area contributed by atoms with E-state index in [-0.39, 0.29) is 0 Å². The minimum atomic E-state index is -2.40. The van der Waals surface area contributed by atoms with Crippen LogP contribution in [-0.4, -0.2) is 37.8 Å². The normalized spacial score (nSPS) is 19.6. The van der Waals surface area contributed by atoms with E-state index in [4.69, 9.17) is 20.7 Å². The second-order valence-electron chi connectivity index (χ2n) is 5.71. The van der Waals surface area contributed by atoms with Crippen molar-refractivity contribution in [2.45, 2.75) is 13.8 Å². The maximum atomic E-state index is 6.28. The van der Waals surface area contributed by atoms with E-state index in [9.17, 15) is 0 Å². The fourth-order valence-electron chi connectivity index (χ4n) is 2.72. The highest BCUT2D eigenvalue weighted by Crippen LogP contribution is 2.55. The van der Waals surface area contributed by atoms with Gasteiger partial charge in [-0.2, -0.15) is 0 Å². The summed E-state index contributed by atoms with van der Waals surface area (Å²) in [5.74, 6) is 1.08. The SMILES string of the molecule is CCN(CC)P1(=S)OC(c2ccco2)=Nc2cc(N(C)C)ccc21. The van der Waals surface area contributed by atoms with Gasteiger partial charge >= 0.3 is 0 Å². The van der Waals surface area contributed by atoms with Crippen molar-refractivity contribution in [3.63, 3.8) is 0 Å². The van der Waals surface area contributed by atoms with Crippen molar-refractivity contribution in [1.82, 2.24) is 4.67 Å². The first-order valence-corrected chi connectivity index (χ1v) is 10.7. The minimum Gasteiger partial charge on any atom is -0.459 e. The number of fused-ring (bicyclic) bond motifs is 1. The standard InChI is InChI=1S/C17H22N3O2PS/c1-5-20(6-2)23(24)16-10-9-13(19(3)4)12-14(16)18-17(22-23)15-8-7-11-21-15/h7-12H,5-6H2,1-4H3. The maximum Gasteiger partial charge on any atom is 0.262 e. The lowest BCUT2D eigenvalue weighted by molar-refractivity contribution is 0.439. The van der Waals surface area contributed by atoms with Crippen LogP contribution in [0.2, 0.25) is 0 Å². The van der Waals surface area contributed by atoms with Gasteiger partial charge < -0.3 is 13.8 Å². The molecule has 24 heavy (non-hydrogen) atoms. The average molecular weight is 363 g/mol. The molecule has 3 rings (SSSR count). The summed E-state index contributed by atoms with van der Waals surface area (Å²) in [4.78, 5) is 6.74. The van der Waals surface area contributed by atoms with Crippen LogP contribution in [0.1, 0.15) is 19.6 Å². The van der Waals surface area contributed by atoms with Crippen molar-refractivity contribution in [2.24, 2.45) is 4.99 Å². The summed E-state index contributed by atoms with van der Waals surface area (Å²) in [6, 6.07) is 9.87. The zero-order valence-corrected chi connectivity index (χ0v) is 16.1. The van der Waals surface area contributed by atoms with Gasteiger partial charge in [0.2, 0.25) is 6.42 Å². The fourth-order valence-corrected chi connectivity index (χ4v) is 6.38. The summed E-state index contributed by atoms with van der Waals surface area (Å²) in [6.07, 6.45) is -0.785. The van der Waals surface area contributed by atoms with Gasteiger partial charge in [-0.1, -0.05) is 13.8 Å². The van der Waals surface area contributed by atoms with E-state index in [0.717, 1.165) is 29.8 Å². The van der Waals surface area contributed by atoms with Gasteiger partial charge in [0.05, 0.1) is 17.3 Å². The summed E-state index contributed by atoms with van der Waals surface area (Å²) in [5.41, 5.74) is 1.95. The van der Waals surface area contributed by atoms with E-state index >= 15 is 0 Å². The molecule has 0 spiro atoms. The van der Waals surface area contributed by atoms with Crippen molar-refractivity contribution >= 4 is 40.8 Å². The molecule has 0 amide bonds. The van der Waals surface area contributed by atoms with Crippen molar-refractivity contribution in [3.8, 4) is 0 Å². The van der Waals surface area contributed by atoms with Crippen LogP contribution in [-0.2, 0) is 16.3 Å².